The SMILES string of the molecule is O=C1C[C@H](c2cccc(OCc3ccccc3)c2)c2cn[nH]c2N1. The average molecular weight is 319 g/mol. The van der Waals surface area contributed by atoms with E-state index in [1.807, 2.05) is 54.6 Å². The highest BCUT2D eigenvalue weighted by atomic mass is 16.5. The maximum atomic E-state index is 11.9. The van der Waals surface area contributed by atoms with E-state index in [1.165, 1.54) is 0 Å². The molecule has 0 saturated carbocycles. The highest BCUT2D eigenvalue weighted by Gasteiger charge is 2.28. The molecule has 120 valence electrons. The molecule has 0 radical (unpaired) electrons. The summed E-state index contributed by atoms with van der Waals surface area (Å²) in [6, 6.07) is 18.0. The summed E-state index contributed by atoms with van der Waals surface area (Å²) in [6.45, 7) is 0.520. The third-order valence-electron chi connectivity index (χ3n) is 4.21. The van der Waals surface area contributed by atoms with Crippen LogP contribution in [0, 0.1) is 0 Å². The summed E-state index contributed by atoms with van der Waals surface area (Å²) in [5.74, 6) is 1.47. The summed E-state index contributed by atoms with van der Waals surface area (Å²) in [6.07, 6.45) is 2.19. The lowest BCUT2D eigenvalue weighted by Gasteiger charge is -2.22. The van der Waals surface area contributed by atoms with Gasteiger partial charge < -0.3 is 10.1 Å². The molecule has 4 rings (SSSR count). The van der Waals surface area contributed by atoms with Crippen molar-refractivity contribution < 1.29 is 9.53 Å². The molecule has 5 nitrogen and oxygen atoms in total. The zero-order chi connectivity index (χ0) is 16.4. The first-order valence-corrected chi connectivity index (χ1v) is 7.89. The van der Waals surface area contributed by atoms with Crippen LogP contribution in [-0.2, 0) is 11.4 Å². The number of benzene rings is 2. The number of nitrogens with zero attached hydrogens (tertiary/aromatic N) is 1. The fourth-order valence-corrected chi connectivity index (χ4v) is 3.00. The summed E-state index contributed by atoms with van der Waals surface area (Å²) in [5.41, 5.74) is 3.19. The van der Waals surface area contributed by atoms with Crippen LogP contribution in [0.15, 0.2) is 60.8 Å². The Morgan fingerprint density at radius 3 is 2.88 bits per heavy atom. The minimum atomic E-state index is -0.00708. The van der Waals surface area contributed by atoms with Gasteiger partial charge in [-0.05, 0) is 23.3 Å². The molecule has 0 saturated heterocycles. The third kappa shape index (κ3) is 2.88. The quantitative estimate of drug-likeness (QED) is 0.774. The van der Waals surface area contributed by atoms with E-state index in [0.717, 1.165) is 22.4 Å². The summed E-state index contributed by atoms with van der Waals surface area (Å²) in [5, 5.41) is 9.69. The highest BCUT2D eigenvalue weighted by Crippen LogP contribution is 2.36. The van der Waals surface area contributed by atoms with Crippen LogP contribution in [0.3, 0.4) is 0 Å². The van der Waals surface area contributed by atoms with Gasteiger partial charge in [0.25, 0.3) is 0 Å². The van der Waals surface area contributed by atoms with Crippen molar-refractivity contribution >= 4 is 11.7 Å². The molecule has 0 unspecified atom stereocenters. The van der Waals surface area contributed by atoms with Gasteiger partial charge in [-0.1, -0.05) is 42.5 Å². The van der Waals surface area contributed by atoms with Crippen molar-refractivity contribution in [2.75, 3.05) is 5.32 Å². The van der Waals surface area contributed by atoms with E-state index in [0.29, 0.717) is 18.8 Å². The smallest absolute Gasteiger partial charge is 0.226 e. The van der Waals surface area contributed by atoms with Gasteiger partial charge in [0.15, 0.2) is 0 Å². The number of carbonyl (C=O) groups is 1. The first-order valence-electron chi connectivity index (χ1n) is 7.89. The van der Waals surface area contributed by atoms with Gasteiger partial charge in [0.1, 0.15) is 18.2 Å². The number of H-pyrrole nitrogens is 1. The van der Waals surface area contributed by atoms with Crippen LogP contribution in [0.1, 0.15) is 29.0 Å². The Labute approximate surface area is 139 Å². The summed E-state index contributed by atoms with van der Waals surface area (Å²) >= 11 is 0. The largest absolute Gasteiger partial charge is 0.489 e. The molecular weight excluding hydrogens is 302 g/mol. The maximum absolute atomic E-state index is 11.9. The Bertz CT molecular complexity index is 858. The van der Waals surface area contributed by atoms with Gasteiger partial charge in [-0.25, -0.2) is 0 Å². The number of ether oxygens (including phenoxy) is 1. The molecular formula is C19H17N3O2. The molecule has 2 aromatic carbocycles. The number of fused-ring (bicyclic) bond motifs is 1. The number of carbonyl (C=O) groups excluding carboxylic acids is 1. The Balaban J connectivity index is 1.56. The van der Waals surface area contributed by atoms with Gasteiger partial charge in [-0.15, -0.1) is 0 Å². The molecule has 0 bridgehead atoms. The molecule has 0 aliphatic carbocycles. The lowest BCUT2D eigenvalue weighted by molar-refractivity contribution is -0.116. The van der Waals surface area contributed by atoms with Crippen LogP contribution in [-0.4, -0.2) is 16.1 Å². The number of aromatic amines is 1. The highest BCUT2D eigenvalue weighted by molar-refractivity contribution is 5.94. The topological polar surface area (TPSA) is 67.0 Å². The van der Waals surface area contributed by atoms with E-state index in [2.05, 4.69) is 15.5 Å². The van der Waals surface area contributed by atoms with E-state index in [4.69, 9.17) is 4.74 Å². The van der Waals surface area contributed by atoms with Crippen LogP contribution >= 0.6 is 0 Å². The van der Waals surface area contributed by atoms with Crippen LogP contribution in [0.5, 0.6) is 5.75 Å². The molecule has 5 heteroatoms. The molecule has 24 heavy (non-hydrogen) atoms. The fraction of sp³-hybridized carbons (Fsp3) is 0.158. The number of amides is 1. The Hall–Kier alpha value is -3.08. The van der Waals surface area contributed by atoms with E-state index in [1.54, 1.807) is 6.20 Å². The monoisotopic (exact) mass is 319 g/mol. The third-order valence-corrected chi connectivity index (χ3v) is 4.21. The molecule has 2 N–H and O–H groups in total. The van der Waals surface area contributed by atoms with Crippen LogP contribution in [0.25, 0.3) is 0 Å². The summed E-state index contributed by atoms with van der Waals surface area (Å²) < 4.78 is 5.90. The van der Waals surface area contributed by atoms with Crippen molar-refractivity contribution in [1.82, 2.24) is 10.2 Å². The predicted molar refractivity (Wildman–Crippen MR) is 90.9 cm³/mol. The van der Waals surface area contributed by atoms with Crippen molar-refractivity contribution in [3.63, 3.8) is 0 Å². The second kappa shape index (κ2) is 6.20. The number of hydrogen-bond donors (Lipinski definition) is 2. The molecule has 1 aliphatic heterocycles. The standard InChI is InChI=1S/C19H17N3O2/c23-18-10-16(17-11-20-22-19(17)21-18)14-7-4-8-15(9-14)24-12-13-5-2-1-3-6-13/h1-9,11,16H,10,12H2,(H2,20,21,22,23)/t16-/m1/s1. The number of nitrogens with one attached hydrogen (secondary N) is 2. The van der Waals surface area contributed by atoms with Gasteiger partial charge in [0.2, 0.25) is 5.91 Å². The predicted octanol–water partition coefficient (Wildman–Crippen LogP) is 3.46. The minimum absolute atomic E-state index is 0.00669. The Morgan fingerprint density at radius 2 is 2.00 bits per heavy atom. The van der Waals surface area contributed by atoms with Crippen molar-refractivity contribution in [2.45, 2.75) is 18.9 Å². The zero-order valence-electron chi connectivity index (χ0n) is 13.0. The van der Waals surface area contributed by atoms with E-state index in [-0.39, 0.29) is 11.8 Å². The lowest BCUT2D eigenvalue weighted by Crippen LogP contribution is -2.22. The van der Waals surface area contributed by atoms with Crippen molar-refractivity contribution in [1.29, 1.82) is 0 Å². The van der Waals surface area contributed by atoms with E-state index in [9.17, 15) is 4.79 Å². The molecule has 1 atom stereocenters. The van der Waals surface area contributed by atoms with E-state index < -0.39 is 0 Å². The molecule has 0 fully saturated rings. The summed E-state index contributed by atoms with van der Waals surface area (Å²) in [4.78, 5) is 11.9. The van der Waals surface area contributed by atoms with Crippen molar-refractivity contribution in [3.8, 4) is 5.75 Å². The second-order valence-corrected chi connectivity index (χ2v) is 5.85. The average Bonchev–Trinajstić information content (AvgIpc) is 3.08. The number of aromatic nitrogens is 2. The molecule has 1 aromatic heterocycles. The first-order chi connectivity index (χ1) is 11.8. The molecule has 1 amide bonds. The minimum Gasteiger partial charge on any atom is -0.489 e. The van der Waals surface area contributed by atoms with Gasteiger partial charge >= 0.3 is 0 Å². The number of hydrogen-bond acceptors (Lipinski definition) is 3. The van der Waals surface area contributed by atoms with Crippen LogP contribution in [0.2, 0.25) is 0 Å². The fourth-order valence-electron chi connectivity index (χ4n) is 3.00. The first kappa shape index (κ1) is 14.5. The molecule has 3 aromatic rings. The van der Waals surface area contributed by atoms with Gasteiger partial charge in [-0.2, -0.15) is 5.10 Å². The Kier molecular flexibility index (Phi) is 3.75. The van der Waals surface area contributed by atoms with Crippen molar-refractivity contribution in [2.24, 2.45) is 0 Å². The van der Waals surface area contributed by atoms with E-state index >= 15 is 0 Å². The van der Waals surface area contributed by atoms with Crippen LogP contribution < -0.4 is 10.1 Å². The van der Waals surface area contributed by atoms with Gasteiger partial charge in [0.05, 0.1) is 6.20 Å². The summed E-state index contributed by atoms with van der Waals surface area (Å²) in [7, 11) is 0. The normalized spacial score (nSPS) is 16.3. The molecule has 2 heterocycles. The van der Waals surface area contributed by atoms with Gasteiger partial charge in [-0.3, -0.25) is 9.89 Å². The zero-order valence-corrected chi connectivity index (χ0v) is 13.0. The van der Waals surface area contributed by atoms with Crippen molar-refractivity contribution in [3.05, 3.63) is 77.5 Å². The second-order valence-electron chi connectivity index (χ2n) is 5.85. The maximum Gasteiger partial charge on any atom is 0.226 e. The molecule has 1 aliphatic rings. The molecule has 0 spiro atoms. The lowest BCUT2D eigenvalue weighted by atomic mass is 9.87. The van der Waals surface area contributed by atoms with Gasteiger partial charge in [0, 0.05) is 17.9 Å². The number of rotatable bonds is 4. The van der Waals surface area contributed by atoms with Crippen LogP contribution in [0.4, 0.5) is 5.82 Å². The number of anilines is 1. The Morgan fingerprint density at radius 1 is 1.12 bits per heavy atom.